The third kappa shape index (κ3) is 3.24. The fraction of sp³-hybridized carbons (Fsp3) is 0.357. The quantitative estimate of drug-likeness (QED) is 0.882. The Morgan fingerprint density at radius 2 is 2.11 bits per heavy atom. The summed E-state index contributed by atoms with van der Waals surface area (Å²) in [4.78, 5) is 4.62. The van der Waals surface area contributed by atoms with E-state index in [0.29, 0.717) is 0 Å². The Morgan fingerprint density at radius 1 is 1.26 bits per heavy atom. The summed E-state index contributed by atoms with van der Waals surface area (Å²) in [6.45, 7) is 3.82. The summed E-state index contributed by atoms with van der Waals surface area (Å²) in [5.41, 5.74) is 1.88. The Balaban J connectivity index is 2.31. The molecule has 1 aromatic heterocycles. The van der Waals surface area contributed by atoms with Gasteiger partial charge in [-0.2, -0.15) is 0 Å². The van der Waals surface area contributed by atoms with Crippen molar-refractivity contribution >= 4 is 11.3 Å². The molecule has 0 fully saturated rings. The molecular formula is C14H18N2O2S. The van der Waals surface area contributed by atoms with E-state index in [4.69, 9.17) is 9.47 Å². The fourth-order valence-electron chi connectivity index (χ4n) is 1.76. The Bertz CT molecular complexity index is 540. The molecule has 0 spiro atoms. The molecule has 0 saturated heterocycles. The summed E-state index contributed by atoms with van der Waals surface area (Å²) >= 11 is 1.65. The molecule has 0 amide bonds. The van der Waals surface area contributed by atoms with Crippen molar-refractivity contribution in [2.75, 3.05) is 20.8 Å². The second-order valence-electron chi connectivity index (χ2n) is 3.97. The molecule has 5 heteroatoms. The fourth-order valence-corrected chi connectivity index (χ4v) is 2.53. The summed E-state index contributed by atoms with van der Waals surface area (Å²) < 4.78 is 10.6. The second-order valence-corrected chi connectivity index (χ2v) is 4.92. The maximum absolute atomic E-state index is 5.38. The zero-order valence-electron chi connectivity index (χ0n) is 11.4. The number of methoxy groups -OCH3 is 2. The van der Waals surface area contributed by atoms with Crippen LogP contribution in [0.25, 0.3) is 11.3 Å². The SMILES string of the molecule is CCNCc1nc(-c2cc(OC)ccc2OC)cs1. The molecule has 19 heavy (non-hydrogen) atoms. The highest BCUT2D eigenvalue weighted by molar-refractivity contribution is 7.09. The van der Waals surface area contributed by atoms with Gasteiger partial charge in [0.05, 0.1) is 19.9 Å². The van der Waals surface area contributed by atoms with Gasteiger partial charge in [-0.1, -0.05) is 6.92 Å². The summed E-state index contributed by atoms with van der Waals surface area (Å²) in [7, 11) is 3.32. The Morgan fingerprint density at radius 3 is 2.79 bits per heavy atom. The van der Waals surface area contributed by atoms with E-state index in [-0.39, 0.29) is 0 Å². The van der Waals surface area contributed by atoms with Gasteiger partial charge in [-0.15, -0.1) is 11.3 Å². The zero-order chi connectivity index (χ0) is 13.7. The predicted octanol–water partition coefficient (Wildman–Crippen LogP) is 2.94. The van der Waals surface area contributed by atoms with Crippen LogP contribution in [0.15, 0.2) is 23.6 Å². The number of benzene rings is 1. The van der Waals surface area contributed by atoms with Gasteiger partial charge in [0.1, 0.15) is 16.5 Å². The monoisotopic (exact) mass is 278 g/mol. The molecule has 102 valence electrons. The van der Waals surface area contributed by atoms with E-state index in [1.165, 1.54) is 0 Å². The van der Waals surface area contributed by atoms with Crippen molar-refractivity contribution < 1.29 is 9.47 Å². The van der Waals surface area contributed by atoms with Crippen molar-refractivity contribution in [1.82, 2.24) is 10.3 Å². The first-order valence-electron chi connectivity index (χ1n) is 6.16. The minimum atomic E-state index is 0.799. The number of thiazole rings is 1. The van der Waals surface area contributed by atoms with Crippen molar-refractivity contribution in [3.05, 3.63) is 28.6 Å². The molecule has 2 rings (SSSR count). The first kappa shape index (κ1) is 13.8. The van der Waals surface area contributed by atoms with E-state index in [0.717, 1.165) is 40.9 Å². The molecule has 0 aliphatic carbocycles. The van der Waals surface area contributed by atoms with Gasteiger partial charge in [-0.3, -0.25) is 0 Å². The van der Waals surface area contributed by atoms with E-state index >= 15 is 0 Å². The van der Waals surface area contributed by atoms with Gasteiger partial charge in [0.15, 0.2) is 0 Å². The zero-order valence-corrected chi connectivity index (χ0v) is 12.2. The van der Waals surface area contributed by atoms with E-state index in [9.17, 15) is 0 Å². The molecule has 1 aromatic carbocycles. The van der Waals surface area contributed by atoms with Crippen molar-refractivity contribution in [3.63, 3.8) is 0 Å². The van der Waals surface area contributed by atoms with Crippen LogP contribution in [0, 0.1) is 0 Å². The van der Waals surface area contributed by atoms with Crippen LogP contribution in [-0.4, -0.2) is 25.7 Å². The maximum Gasteiger partial charge on any atom is 0.128 e. The molecule has 4 nitrogen and oxygen atoms in total. The Kier molecular flexibility index (Phi) is 4.76. The minimum Gasteiger partial charge on any atom is -0.497 e. The summed E-state index contributed by atoms with van der Waals surface area (Å²) in [6.07, 6.45) is 0. The number of hydrogen-bond acceptors (Lipinski definition) is 5. The first-order chi connectivity index (χ1) is 9.28. The molecule has 0 aliphatic rings. The van der Waals surface area contributed by atoms with E-state index in [1.54, 1.807) is 25.6 Å². The standard InChI is InChI=1S/C14H18N2O2S/c1-4-15-8-14-16-12(9-19-14)11-7-10(17-2)5-6-13(11)18-3/h5-7,9,15H,4,8H2,1-3H3. The summed E-state index contributed by atoms with van der Waals surface area (Å²) in [5, 5.41) is 6.39. The topological polar surface area (TPSA) is 43.4 Å². The van der Waals surface area contributed by atoms with Gasteiger partial charge in [0.2, 0.25) is 0 Å². The van der Waals surface area contributed by atoms with Crippen molar-refractivity contribution in [1.29, 1.82) is 0 Å². The molecule has 0 aliphatic heterocycles. The van der Waals surface area contributed by atoms with Crippen LogP contribution in [0.1, 0.15) is 11.9 Å². The van der Waals surface area contributed by atoms with Crippen molar-refractivity contribution in [3.8, 4) is 22.8 Å². The molecule has 0 radical (unpaired) electrons. The molecule has 0 bridgehead atoms. The van der Waals surface area contributed by atoms with Crippen LogP contribution < -0.4 is 14.8 Å². The lowest BCUT2D eigenvalue weighted by Gasteiger charge is -2.08. The minimum absolute atomic E-state index is 0.799. The van der Waals surface area contributed by atoms with Gasteiger partial charge in [-0.05, 0) is 24.7 Å². The van der Waals surface area contributed by atoms with Gasteiger partial charge in [0, 0.05) is 17.5 Å². The molecule has 0 atom stereocenters. The van der Waals surface area contributed by atoms with E-state index in [2.05, 4.69) is 17.2 Å². The number of ether oxygens (including phenoxy) is 2. The summed E-state index contributed by atoms with van der Waals surface area (Å²) in [5.74, 6) is 1.61. The highest BCUT2D eigenvalue weighted by Gasteiger charge is 2.11. The van der Waals surface area contributed by atoms with Gasteiger partial charge in [-0.25, -0.2) is 4.98 Å². The average molecular weight is 278 g/mol. The normalized spacial score (nSPS) is 10.5. The molecule has 0 saturated carbocycles. The first-order valence-corrected chi connectivity index (χ1v) is 7.04. The molecule has 1 N–H and O–H groups in total. The third-order valence-electron chi connectivity index (χ3n) is 2.76. The van der Waals surface area contributed by atoms with E-state index in [1.807, 2.05) is 23.6 Å². The van der Waals surface area contributed by atoms with Crippen LogP contribution in [0.4, 0.5) is 0 Å². The van der Waals surface area contributed by atoms with Crippen LogP contribution in [0.5, 0.6) is 11.5 Å². The number of aromatic nitrogens is 1. The van der Waals surface area contributed by atoms with Crippen molar-refractivity contribution in [2.24, 2.45) is 0 Å². The average Bonchev–Trinajstić information content (AvgIpc) is 2.93. The summed E-state index contributed by atoms with van der Waals surface area (Å²) in [6, 6.07) is 5.73. The number of rotatable bonds is 6. The molecule has 0 unspecified atom stereocenters. The van der Waals surface area contributed by atoms with Gasteiger partial charge in [0.25, 0.3) is 0 Å². The van der Waals surface area contributed by atoms with Gasteiger partial charge < -0.3 is 14.8 Å². The third-order valence-corrected chi connectivity index (χ3v) is 3.61. The lowest BCUT2D eigenvalue weighted by atomic mass is 10.1. The van der Waals surface area contributed by atoms with E-state index < -0.39 is 0 Å². The molecular weight excluding hydrogens is 260 g/mol. The van der Waals surface area contributed by atoms with Crippen LogP contribution >= 0.6 is 11.3 Å². The number of nitrogens with zero attached hydrogens (tertiary/aromatic N) is 1. The van der Waals surface area contributed by atoms with Crippen molar-refractivity contribution in [2.45, 2.75) is 13.5 Å². The van der Waals surface area contributed by atoms with Crippen LogP contribution in [0.2, 0.25) is 0 Å². The number of hydrogen-bond donors (Lipinski definition) is 1. The highest BCUT2D eigenvalue weighted by Crippen LogP contribution is 2.33. The smallest absolute Gasteiger partial charge is 0.128 e. The largest absolute Gasteiger partial charge is 0.497 e. The van der Waals surface area contributed by atoms with Crippen LogP contribution in [-0.2, 0) is 6.54 Å². The Hall–Kier alpha value is -1.59. The number of nitrogens with one attached hydrogen (secondary N) is 1. The highest BCUT2D eigenvalue weighted by atomic mass is 32.1. The van der Waals surface area contributed by atoms with Gasteiger partial charge >= 0.3 is 0 Å². The maximum atomic E-state index is 5.38. The second kappa shape index (κ2) is 6.54. The molecule has 1 heterocycles. The lowest BCUT2D eigenvalue weighted by molar-refractivity contribution is 0.404. The predicted molar refractivity (Wildman–Crippen MR) is 78.0 cm³/mol. The Labute approximate surface area is 117 Å². The lowest BCUT2D eigenvalue weighted by Crippen LogP contribution is -2.11. The van der Waals surface area contributed by atoms with Crippen LogP contribution in [0.3, 0.4) is 0 Å². The molecule has 2 aromatic rings.